The Morgan fingerprint density at radius 1 is 1.44 bits per heavy atom. The van der Waals surface area contributed by atoms with Gasteiger partial charge < -0.3 is 9.47 Å². The zero-order valence-electron chi connectivity index (χ0n) is 5.93. The van der Waals surface area contributed by atoms with Crippen molar-refractivity contribution >= 4 is 0 Å². The average Bonchev–Trinajstić information content (AvgIpc) is 1.91. The van der Waals surface area contributed by atoms with Crippen molar-refractivity contribution in [1.29, 1.82) is 0 Å². The Morgan fingerprint density at radius 3 is 2.89 bits per heavy atom. The van der Waals surface area contributed by atoms with Gasteiger partial charge in [0.2, 0.25) is 0 Å². The molecule has 1 atom stereocenters. The fraction of sp³-hybridized carbons (Fsp3) is 1.00. The SMILES string of the molecule is CCC[C@@H]1COCCO1. The lowest BCUT2D eigenvalue weighted by atomic mass is 10.2. The fourth-order valence-corrected chi connectivity index (χ4v) is 1.03. The summed E-state index contributed by atoms with van der Waals surface area (Å²) in [4.78, 5) is 0. The molecule has 2 nitrogen and oxygen atoms in total. The molecule has 1 heterocycles. The van der Waals surface area contributed by atoms with Gasteiger partial charge in [0.25, 0.3) is 0 Å². The molecule has 0 aromatic carbocycles. The molecular formula is C7H14O2. The van der Waals surface area contributed by atoms with Gasteiger partial charge >= 0.3 is 0 Å². The summed E-state index contributed by atoms with van der Waals surface area (Å²) in [5, 5.41) is 0. The van der Waals surface area contributed by atoms with E-state index in [0.29, 0.717) is 6.10 Å². The number of rotatable bonds is 2. The first-order chi connectivity index (χ1) is 4.43. The van der Waals surface area contributed by atoms with Gasteiger partial charge in [-0.2, -0.15) is 0 Å². The van der Waals surface area contributed by atoms with Crippen LogP contribution in [0.15, 0.2) is 0 Å². The Balaban J connectivity index is 2.08. The van der Waals surface area contributed by atoms with Gasteiger partial charge in [-0.25, -0.2) is 0 Å². The van der Waals surface area contributed by atoms with Gasteiger partial charge in [-0.05, 0) is 6.42 Å². The monoisotopic (exact) mass is 130 g/mol. The van der Waals surface area contributed by atoms with E-state index >= 15 is 0 Å². The lowest BCUT2D eigenvalue weighted by molar-refractivity contribution is -0.0906. The molecular weight excluding hydrogens is 116 g/mol. The molecule has 1 aliphatic rings. The lowest BCUT2D eigenvalue weighted by Crippen LogP contribution is -2.28. The minimum atomic E-state index is 0.378. The van der Waals surface area contributed by atoms with Crippen LogP contribution in [0.4, 0.5) is 0 Å². The summed E-state index contributed by atoms with van der Waals surface area (Å²) in [6, 6.07) is 0. The van der Waals surface area contributed by atoms with E-state index in [2.05, 4.69) is 6.92 Å². The Hall–Kier alpha value is -0.0800. The number of hydrogen-bond donors (Lipinski definition) is 0. The molecule has 0 radical (unpaired) electrons. The first kappa shape index (κ1) is 7.03. The third kappa shape index (κ3) is 2.33. The van der Waals surface area contributed by atoms with Crippen LogP contribution in [0.3, 0.4) is 0 Å². The number of hydrogen-bond acceptors (Lipinski definition) is 2. The van der Waals surface area contributed by atoms with Crippen molar-refractivity contribution in [1.82, 2.24) is 0 Å². The maximum atomic E-state index is 5.39. The summed E-state index contributed by atoms with van der Waals surface area (Å²) < 4.78 is 10.6. The van der Waals surface area contributed by atoms with Crippen molar-refractivity contribution in [2.75, 3.05) is 19.8 Å². The lowest BCUT2D eigenvalue weighted by Gasteiger charge is -2.21. The van der Waals surface area contributed by atoms with Crippen LogP contribution >= 0.6 is 0 Å². The van der Waals surface area contributed by atoms with Crippen molar-refractivity contribution in [2.24, 2.45) is 0 Å². The molecule has 0 aromatic heterocycles. The number of ether oxygens (including phenoxy) is 2. The van der Waals surface area contributed by atoms with Gasteiger partial charge in [-0.15, -0.1) is 0 Å². The van der Waals surface area contributed by atoms with Gasteiger partial charge in [-0.3, -0.25) is 0 Å². The molecule has 0 saturated carbocycles. The second-order valence-electron chi connectivity index (χ2n) is 2.36. The van der Waals surface area contributed by atoms with E-state index in [-0.39, 0.29) is 0 Å². The first-order valence-electron chi connectivity index (χ1n) is 3.63. The van der Waals surface area contributed by atoms with Gasteiger partial charge in [0.05, 0.1) is 25.9 Å². The molecule has 0 aromatic rings. The Morgan fingerprint density at radius 2 is 2.33 bits per heavy atom. The van der Waals surface area contributed by atoms with Gasteiger partial charge in [0.15, 0.2) is 0 Å². The molecule has 0 aliphatic carbocycles. The molecule has 9 heavy (non-hydrogen) atoms. The molecule has 1 aliphatic heterocycles. The summed E-state index contributed by atoms with van der Waals surface area (Å²) in [6.45, 7) is 4.52. The van der Waals surface area contributed by atoms with E-state index in [4.69, 9.17) is 9.47 Å². The predicted molar refractivity (Wildman–Crippen MR) is 35.5 cm³/mol. The quantitative estimate of drug-likeness (QED) is 0.559. The Bertz CT molecular complexity index is 64.6. The molecule has 1 saturated heterocycles. The molecule has 1 fully saturated rings. The van der Waals surface area contributed by atoms with E-state index in [9.17, 15) is 0 Å². The van der Waals surface area contributed by atoms with E-state index in [1.54, 1.807) is 0 Å². The normalized spacial score (nSPS) is 28.3. The maximum absolute atomic E-state index is 5.39. The van der Waals surface area contributed by atoms with Crippen LogP contribution in [-0.4, -0.2) is 25.9 Å². The minimum absolute atomic E-state index is 0.378. The van der Waals surface area contributed by atoms with Crippen LogP contribution < -0.4 is 0 Å². The molecule has 54 valence electrons. The summed E-state index contributed by atoms with van der Waals surface area (Å²) in [5.41, 5.74) is 0. The standard InChI is InChI=1S/C7H14O2/c1-2-3-7-6-8-4-5-9-7/h7H,2-6H2,1H3/t7-/m1/s1. The topological polar surface area (TPSA) is 18.5 Å². The Labute approximate surface area is 56.2 Å². The van der Waals surface area contributed by atoms with E-state index in [0.717, 1.165) is 26.2 Å². The fourth-order valence-electron chi connectivity index (χ4n) is 1.03. The Kier molecular flexibility index (Phi) is 3.01. The molecule has 0 amide bonds. The van der Waals surface area contributed by atoms with Crippen molar-refractivity contribution in [3.63, 3.8) is 0 Å². The van der Waals surface area contributed by atoms with Crippen LogP contribution in [0.1, 0.15) is 19.8 Å². The zero-order chi connectivity index (χ0) is 6.53. The molecule has 0 N–H and O–H groups in total. The minimum Gasteiger partial charge on any atom is -0.376 e. The van der Waals surface area contributed by atoms with Crippen molar-refractivity contribution in [3.05, 3.63) is 0 Å². The highest BCUT2D eigenvalue weighted by atomic mass is 16.6. The molecule has 1 rings (SSSR count). The van der Waals surface area contributed by atoms with Crippen LogP contribution in [-0.2, 0) is 9.47 Å². The molecule has 0 unspecified atom stereocenters. The van der Waals surface area contributed by atoms with Crippen molar-refractivity contribution in [3.8, 4) is 0 Å². The smallest absolute Gasteiger partial charge is 0.0809 e. The van der Waals surface area contributed by atoms with Crippen LogP contribution in [0, 0.1) is 0 Å². The van der Waals surface area contributed by atoms with Crippen molar-refractivity contribution < 1.29 is 9.47 Å². The van der Waals surface area contributed by atoms with Gasteiger partial charge in [0, 0.05) is 0 Å². The average molecular weight is 130 g/mol. The largest absolute Gasteiger partial charge is 0.376 e. The van der Waals surface area contributed by atoms with Crippen LogP contribution in [0.25, 0.3) is 0 Å². The second kappa shape index (κ2) is 3.85. The first-order valence-corrected chi connectivity index (χ1v) is 3.63. The maximum Gasteiger partial charge on any atom is 0.0809 e. The molecule has 0 bridgehead atoms. The zero-order valence-corrected chi connectivity index (χ0v) is 5.93. The van der Waals surface area contributed by atoms with E-state index in [1.807, 2.05) is 0 Å². The summed E-state index contributed by atoms with van der Waals surface area (Å²) in [6.07, 6.45) is 2.71. The van der Waals surface area contributed by atoms with Crippen molar-refractivity contribution in [2.45, 2.75) is 25.9 Å². The van der Waals surface area contributed by atoms with Crippen LogP contribution in [0.2, 0.25) is 0 Å². The predicted octanol–water partition coefficient (Wildman–Crippen LogP) is 1.20. The van der Waals surface area contributed by atoms with Gasteiger partial charge in [-0.1, -0.05) is 13.3 Å². The highest BCUT2D eigenvalue weighted by Gasteiger charge is 2.11. The highest BCUT2D eigenvalue weighted by Crippen LogP contribution is 2.06. The van der Waals surface area contributed by atoms with E-state index < -0.39 is 0 Å². The van der Waals surface area contributed by atoms with E-state index in [1.165, 1.54) is 6.42 Å². The third-order valence-corrected chi connectivity index (χ3v) is 1.50. The van der Waals surface area contributed by atoms with Gasteiger partial charge in [0.1, 0.15) is 0 Å². The summed E-state index contributed by atoms with van der Waals surface area (Å²) >= 11 is 0. The highest BCUT2D eigenvalue weighted by molar-refractivity contribution is 4.58. The molecule has 2 heteroatoms. The third-order valence-electron chi connectivity index (χ3n) is 1.50. The summed E-state index contributed by atoms with van der Waals surface area (Å²) in [5.74, 6) is 0. The van der Waals surface area contributed by atoms with Crippen LogP contribution in [0.5, 0.6) is 0 Å². The summed E-state index contributed by atoms with van der Waals surface area (Å²) in [7, 11) is 0. The molecule has 0 spiro atoms. The second-order valence-corrected chi connectivity index (χ2v) is 2.36.